The van der Waals surface area contributed by atoms with Gasteiger partial charge < -0.3 is 9.47 Å². The van der Waals surface area contributed by atoms with Crippen molar-refractivity contribution >= 4 is 17.5 Å². The maximum Gasteiger partial charge on any atom is 0.153 e. The molecule has 8 rings (SSSR count). The molecule has 7 bridgehead atoms. The highest BCUT2D eigenvalue weighted by Gasteiger charge is 2.85. The van der Waals surface area contributed by atoms with E-state index in [1.54, 1.807) is 18.9 Å². The standard InChI is InChI=1S/C29H37NO3S/c1-4-30-16-27(2)12-11-23(33-17-32-3)29-21(27)15-20(25(29)30)28-13-10-18(14-22(28)29)24(26(28)31)34-19-8-6-5-7-9-19/h5-9,18,20,23-25H,4,10-17H2,1-3H3/t18-,20?,23-,24+,25+,27-,28-,29?/m0/s1. The van der Waals surface area contributed by atoms with Crippen molar-refractivity contribution in [1.29, 1.82) is 0 Å². The Morgan fingerprint density at radius 2 is 1.94 bits per heavy atom. The van der Waals surface area contributed by atoms with Gasteiger partial charge in [0, 0.05) is 41.3 Å². The number of ether oxygens (including phenoxy) is 2. The number of methoxy groups -OCH3 is 1. The molecule has 7 aliphatic rings. The molecule has 7 fully saturated rings. The van der Waals surface area contributed by atoms with Crippen LogP contribution in [0.2, 0.25) is 0 Å². The summed E-state index contributed by atoms with van der Waals surface area (Å²) in [6.45, 7) is 7.40. The number of hydrogen-bond acceptors (Lipinski definition) is 5. The van der Waals surface area contributed by atoms with E-state index in [1.807, 2.05) is 11.8 Å². The fraction of sp³-hybridized carbons (Fsp3) is 0.690. The van der Waals surface area contributed by atoms with Crippen molar-refractivity contribution in [3.63, 3.8) is 0 Å². The number of carbonyl (C=O) groups is 1. The molecule has 34 heavy (non-hydrogen) atoms. The Hall–Kier alpha value is -0.880. The highest BCUT2D eigenvalue weighted by atomic mass is 32.2. The lowest BCUT2D eigenvalue weighted by atomic mass is 9.40. The van der Waals surface area contributed by atoms with Crippen LogP contribution in [-0.2, 0) is 14.3 Å². The zero-order chi connectivity index (χ0) is 23.3. The smallest absolute Gasteiger partial charge is 0.153 e. The number of hydrogen-bond donors (Lipinski definition) is 0. The van der Waals surface area contributed by atoms with Crippen molar-refractivity contribution in [1.82, 2.24) is 4.90 Å². The Kier molecular flexibility index (Phi) is 4.97. The summed E-state index contributed by atoms with van der Waals surface area (Å²) < 4.78 is 12.0. The van der Waals surface area contributed by atoms with Gasteiger partial charge in [-0.15, -0.1) is 11.8 Å². The second-order valence-corrected chi connectivity index (χ2v) is 13.2. The molecule has 6 saturated carbocycles. The molecule has 1 aliphatic heterocycles. The predicted octanol–water partition coefficient (Wildman–Crippen LogP) is 5.18. The van der Waals surface area contributed by atoms with Gasteiger partial charge in [-0.2, -0.15) is 0 Å². The van der Waals surface area contributed by atoms with Crippen molar-refractivity contribution < 1.29 is 14.3 Å². The van der Waals surface area contributed by atoms with Crippen molar-refractivity contribution in [2.45, 2.75) is 74.7 Å². The number of likely N-dealkylation sites (tertiary alicyclic amines) is 1. The molecule has 8 atom stereocenters. The van der Waals surface area contributed by atoms with Crippen molar-refractivity contribution in [3.05, 3.63) is 42.2 Å². The Balaban J connectivity index is 1.34. The molecule has 2 unspecified atom stereocenters. The fourth-order valence-corrected chi connectivity index (χ4v) is 11.3. The van der Waals surface area contributed by atoms with Crippen LogP contribution in [0.3, 0.4) is 0 Å². The van der Waals surface area contributed by atoms with Crippen LogP contribution in [0.1, 0.15) is 52.4 Å². The first-order chi connectivity index (χ1) is 16.5. The predicted molar refractivity (Wildman–Crippen MR) is 133 cm³/mol. The summed E-state index contributed by atoms with van der Waals surface area (Å²) in [4.78, 5) is 18.6. The first kappa shape index (κ1) is 22.3. The van der Waals surface area contributed by atoms with Gasteiger partial charge in [0.25, 0.3) is 0 Å². The lowest BCUT2D eigenvalue weighted by molar-refractivity contribution is -0.168. The molecule has 6 aliphatic carbocycles. The molecule has 4 nitrogen and oxygen atoms in total. The minimum Gasteiger partial charge on any atom is -0.359 e. The molecular weight excluding hydrogens is 442 g/mol. The molecule has 2 spiro atoms. The van der Waals surface area contributed by atoms with Crippen LogP contribution in [0.5, 0.6) is 0 Å². The van der Waals surface area contributed by atoms with Crippen LogP contribution >= 0.6 is 11.8 Å². The van der Waals surface area contributed by atoms with Gasteiger partial charge in [0.05, 0.1) is 11.4 Å². The summed E-state index contributed by atoms with van der Waals surface area (Å²) in [5, 5.41) is 0.101. The van der Waals surface area contributed by atoms with Gasteiger partial charge in [-0.25, -0.2) is 0 Å². The second-order valence-electron chi connectivity index (χ2n) is 12.0. The van der Waals surface area contributed by atoms with Gasteiger partial charge in [-0.05, 0) is 80.4 Å². The summed E-state index contributed by atoms with van der Waals surface area (Å²) in [6, 6.07) is 11.0. The number of carbonyl (C=O) groups excluding carboxylic acids is 1. The minimum atomic E-state index is -0.236. The first-order valence-electron chi connectivity index (χ1n) is 13.3. The third-order valence-corrected chi connectivity index (χ3v) is 12.3. The number of rotatable bonds is 6. The Bertz CT molecular complexity index is 987. The average molecular weight is 480 g/mol. The molecule has 1 saturated heterocycles. The monoisotopic (exact) mass is 479 g/mol. The molecule has 1 heterocycles. The quantitative estimate of drug-likeness (QED) is 0.526. The van der Waals surface area contributed by atoms with Gasteiger partial charge in [-0.1, -0.05) is 32.0 Å². The number of Topliss-reactive ketones (excluding diaryl/α,β-unsaturated/α-hetero) is 1. The van der Waals surface area contributed by atoms with E-state index in [1.165, 1.54) is 17.7 Å². The third-order valence-electron chi connectivity index (χ3n) is 10.9. The average Bonchev–Trinajstić information content (AvgIpc) is 3.29. The Morgan fingerprint density at radius 1 is 1.12 bits per heavy atom. The van der Waals surface area contributed by atoms with E-state index in [4.69, 9.17) is 9.47 Å². The molecule has 1 aromatic carbocycles. The maximum absolute atomic E-state index is 14.6. The van der Waals surface area contributed by atoms with E-state index < -0.39 is 0 Å². The third kappa shape index (κ3) is 2.51. The molecule has 1 aromatic rings. The van der Waals surface area contributed by atoms with Gasteiger partial charge in [0.2, 0.25) is 0 Å². The maximum atomic E-state index is 14.6. The SMILES string of the molecule is CCN1C[C@]2(C)CC[C@H](OCOC)C34[C]2CC([C@@H]13)[C@@]12CC[C@@H](C[C]41)[C@@H](Sc1ccccc1)C2=O. The summed E-state index contributed by atoms with van der Waals surface area (Å²) in [5.41, 5.74) is -0.0258. The minimum absolute atomic E-state index is 0.0405. The van der Waals surface area contributed by atoms with Crippen molar-refractivity contribution in [3.8, 4) is 0 Å². The Labute approximate surface area is 208 Å². The van der Waals surface area contributed by atoms with E-state index in [0.29, 0.717) is 30.5 Å². The Morgan fingerprint density at radius 3 is 2.71 bits per heavy atom. The topological polar surface area (TPSA) is 38.8 Å². The van der Waals surface area contributed by atoms with Crippen molar-refractivity contribution in [2.75, 3.05) is 27.0 Å². The molecule has 182 valence electrons. The second kappa shape index (κ2) is 7.57. The summed E-state index contributed by atoms with van der Waals surface area (Å²) in [6.07, 6.45) is 6.95. The first-order valence-corrected chi connectivity index (χ1v) is 14.2. The molecule has 0 amide bonds. The van der Waals surface area contributed by atoms with Gasteiger partial charge in [0.1, 0.15) is 6.79 Å². The zero-order valence-corrected chi connectivity index (χ0v) is 21.5. The number of thioether (sulfide) groups is 1. The highest BCUT2D eigenvalue weighted by Crippen LogP contribution is 2.84. The van der Waals surface area contributed by atoms with Gasteiger partial charge >= 0.3 is 0 Å². The summed E-state index contributed by atoms with van der Waals surface area (Å²) >= 11 is 1.84. The highest BCUT2D eigenvalue weighted by molar-refractivity contribution is 8.00. The van der Waals surface area contributed by atoms with E-state index in [9.17, 15) is 4.79 Å². The number of benzene rings is 1. The number of nitrogens with zero attached hydrogens (tertiary/aromatic N) is 1. The number of piperidine rings is 1. The number of fused-ring (bicyclic) bond motifs is 2. The lowest BCUT2D eigenvalue weighted by Crippen LogP contribution is -2.68. The van der Waals surface area contributed by atoms with E-state index in [0.717, 1.165) is 38.8 Å². The number of ketones is 1. The molecular formula is C29H37NO3S. The van der Waals surface area contributed by atoms with Crippen LogP contribution in [0, 0.1) is 39.9 Å². The van der Waals surface area contributed by atoms with E-state index >= 15 is 0 Å². The van der Waals surface area contributed by atoms with E-state index in [2.05, 4.69) is 49.1 Å². The summed E-state index contributed by atoms with van der Waals surface area (Å²) in [5.74, 6) is 4.79. The van der Waals surface area contributed by atoms with Crippen LogP contribution in [0.15, 0.2) is 35.2 Å². The van der Waals surface area contributed by atoms with Crippen LogP contribution < -0.4 is 0 Å². The lowest BCUT2D eigenvalue weighted by Gasteiger charge is -2.67. The molecule has 2 radical (unpaired) electrons. The fourth-order valence-electron chi connectivity index (χ4n) is 9.92. The van der Waals surface area contributed by atoms with Crippen LogP contribution in [-0.4, -0.2) is 55.1 Å². The van der Waals surface area contributed by atoms with Gasteiger partial charge in [-0.3, -0.25) is 9.69 Å². The largest absolute Gasteiger partial charge is 0.359 e. The summed E-state index contributed by atoms with van der Waals surface area (Å²) in [7, 11) is 1.73. The van der Waals surface area contributed by atoms with Crippen LogP contribution in [0.4, 0.5) is 0 Å². The molecule has 0 aromatic heterocycles. The van der Waals surface area contributed by atoms with E-state index in [-0.39, 0.29) is 27.6 Å². The normalized spacial score (nSPS) is 47.4. The van der Waals surface area contributed by atoms with Crippen molar-refractivity contribution in [2.24, 2.45) is 28.1 Å². The van der Waals surface area contributed by atoms with Crippen LogP contribution in [0.25, 0.3) is 0 Å². The zero-order valence-electron chi connectivity index (χ0n) is 20.7. The molecule has 5 heteroatoms. The van der Waals surface area contributed by atoms with Gasteiger partial charge in [0.15, 0.2) is 5.78 Å². The molecule has 0 N–H and O–H groups in total.